The Bertz CT molecular complexity index is 413. The van der Waals surface area contributed by atoms with Gasteiger partial charge in [0.15, 0.2) is 0 Å². The van der Waals surface area contributed by atoms with Crippen molar-refractivity contribution in [2.75, 3.05) is 13.7 Å². The highest BCUT2D eigenvalue weighted by Gasteiger charge is 2.11. The molecule has 1 aromatic carbocycles. The van der Waals surface area contributed by atoms with E-state index in [2.05, 4.69) is 26.0 Å². The maximum Gasteiger partial charge on any atom is 0.306 e. The number of benzene rings is 1. The number of ether oxygens (including phenoxy) is 1. The average Bonchev–Trinajstić information content (AvgIpc) is 2.32. The van der Waals surface area contributed by atoms with Crippen molar-refractivity contribution < 1.29 is 18.3 Å². The first-order valence-electron chi connectivity index (χ1n) is 4.96. The smallest absolute Gasteiger partial charge is 0.306 e. The van der Waals surface area contributed by atoms with Crippen LogP contribution in [0, 0.1) is 11.6 Å². The molecule has 0 amide bonds. The van der Waals surface area contributed by atoms with Crippen molar-refractivity contribution in [2.24, 2.45) is 0 Å². The minimum Gasteiger partial charge on any atom is -0.469 e. The molecular formula is C11H12BrF2NO2. The first-order valence-corrected chi connectivity index (χ1v) is 5.75. The standard InChI is InChI=1S/C11H12BrF2NO2/c1-17-10(16)4-5-15-6-7-9(13)3-2-8(12)11(7)14/h2-3,15H,4-6H2,1H3. The van der Waals surface area contributed by atoms with Crippen LogP contribution in [0.15, 0.2) is 16.6 Å². The Kier molecular flexibility index (Phi) is 5.50. The molecule has 0 aromatic heterocycles. The summed E-state index contributed by atoms with van der Waals surface area (Å²) in [4.78, 5) is 10.8. The molecule has 0 radical (unpaired) electrons. The lowest BCUT2D eigenvalue weighted by molar-refractivity contribution is -0.140. The highest BCUT2D eigenvalue weighted by molar-refractivity contribution is 9.10. The van der Waals surface area contributed by atoms with Gasteiger partial charge < -0.3 is 10.1 Å². The molecular weight excluding hydrogens is 296 g/mol. The van der Waals surface area contributed by atoms with Crippen molar-refractivity contribution >= 4 is 21.9 Å². The molecule has 0 aliphatic heterocycles. The molecule has 0 aliphatic carbocycles. The number of carbonyl (C=O) groups is 1. The first kappa shape index (κ1) is 14.1. The van der Waals surface area contributed by atoms with E-state index in [0.29, 0.717) is 6.54 Å². The van der Waals surface area contributed by atoms with Gasteiger partial charge in [-0.3, -0.25) is 4.79 Å². The lowest BCUT2D eigenvalue weighted by atomic mass is 10.2. The van der Waals surface area contributed by atoms with Gasteiger partial charge in [-0.25, -0.2) is 8.78 Å². The molecule has 0 atom stereocenters. The van der Waals surface area contributed by atoms with E-state index >= 15 is 0 Å². The number of rotatable bonds is 5. The Balaban J connectivity index is 2.52. The summed E-state index contributed by atoms with van der Waals surface area (Å²) < 4.78 is 31.4. The normalized spacial score (nSPS) is 10.4. The topological polar surface area (TPSA) is 38.3 Å². The Morgan fingerprint density at radius 2 is 2.18 bits per heavy atom. The van der Waals surface area contributed by atoms with E-state index in [1.54, 1.807) is 0 Å². The quantitative estimate of drug-likeness (QED) is 0.516. The highest BCUT2D eigenvalue weighted by Crippen LogP contribution is 2.21. The fourth-order valence-corrected chi connectivity index (χ4v) is 1.61. The summed E-state index contributed by atoms with van der Waals surface area (Å²) in [5.74, 6) is -1.61. The van der Waals surface area contributed by atoms with Crippen LogP contribution < -0.4 is 5.32 Å². The molecule has 0 unspecified atom stereocenters. The van der Waals surface area contributed by atoms with Crippen LogP contribution in [-0.4, -0.2) is 19.6 Å². The number of methoxy groups -OCH3 is 1. The minimum absolute atomic E-state index is 0.0219. The van der Waals surface area contributed by atoms with Gasteiger partial charge in [0.1, 0.15) is 11.6 Å². The fourth-order valence-electron chi connectivity index (χ4n) is 1.24. The van der Waals surface area contributed by atoms with Gasteiger partial charge in [-0.1, -0.05) is 0 Å². The van der Waals surface area contributed by atoms with Gasteiger partial charge in [0.25, 0.3) is 0 Å². The lowest BCUT2D eigenvalue weighted by Crippen LogP contribution is -2.20. The predicted molar refractivity (Wildman–Crippen MR) is 62.4 cm³/mol. The Morgan fingerprint density at radius 1 is 1.47 bits per heavy atom. The molecule has 94 valence electrons. The number of hydrogen-bond donors (Lipinski definition) is 1. The van der Waals surface area contributed by atoms with Gasteiger partial charge in [0.05, 0.1) is 18.0 Å². The molecule has 3 nitrogen and oxygen atoms in total. The number of esters is 1. The van der Waals surface area contributed by atoms with E-state index in [-0.39, 0.29) is 29.0 Å². The van der Waals surface area contributed by atoms with Gasteiger partial charge in [-0.2, -0.15) is 0 Å². The molecule has 1 aromatic rings. The van der Waals surface area contributed by atoms with Crippen LogP contribution in [0.5, 0.6) is 0 Å². The number of halogens is 3. The molecule has 0 bridgehead atoms. The zero-order valence-electron chi connectivity index (χ0n) is 9.23. The molecule has 1 rings (SSSR count). The van der Waals surface area contributed by atoms with Crippen molar-refractivity contribution in [3.63, 3.8) is 0 Å². The lowest BCUT2D eigenvalue weighted by Gasteiger charge is -2.07. The molecule has 6 heteroatoms. The summed E-state index contributed by atoms with van der Waals surface area (Å²) in [7, 11) is 1.29. The number of nitrogens with one attached hydrogen (secondary N) is 1. The third-order valence-corrected chi connectivity index (χ3v) is 2.79. The van der Waals surface area contributed by atoms with Crippen LogP contribution >= 0.6 is 15.9 Å². The van der Waals surface area contributed by atoms with Crippen molar-refractivity contribution in [2.45, 2.75) is 13.0 Å². The fraction of sp³-hybridized carbons (Fsp3) is 0.364. The average molecular weight is 308 g/mol. The van der Waals surface area contributed by atoms with E-state index in [4.69, 9.17) is 0 Å². The Hall–Kier alpha value is -1.01. The van der Waals surface area contributed by atoms with Crippen LogP contribution in [0.4, 0.5) is 8.78 Å². The second-order valence-electron chi connectivity index (χ2n) is 3.32. The number of carbonyl (C=O) groups excluding carboxylic acids is 1. The highest BCUT2D eigenvalue weighted by atomic mass is 79.9. The maximum absolute atomic E-state index is 13.5. The molecule has 0 fully saturated rings. The van der Waals surface area contributed by atoms with Gasteiger partial charge in [-0.15, -0.1) is 0 Å². The summed E-state index contributed by atoms with van der Waals surface area (Å²) in [6.07, 6.45) is 0.160. The van der Waals surface area contributed by atoms with Crippen molar-refractivity contribution in [3.05, 3.63) is 33.8 Å². The van der Waals surface area contributed by atoms with E-state index in [9.17, 15) is 13.6 Å². The van der Waals surface area contributed by atoms with Gasteiger partial charge in [0.2, 0.25) is 0 Å². The summed E-state index contributed by atoms with van der Waals surface area (Å²) in [6, 6.07) is 2.49. The van der Waals surface area contributed by atoms with E-state index in [1.807, 2.05) is 0 Å². The zero-order valence-corrected chi connectivity index (χ0v) is 10.8. The van der Waals surface area contributed by atoms with Crippen LogP contribution in [0.1, 0.15) is 12.0 Å². The second kappa shape index (κ2) is 6.66. The molecule has 0 heterocycles. The van der Waals surface area contributed by atoms with Gasteiger partial charge in [-0.05, 0) is 28.1 Å². The van der Waals surface area contributed by atoms with Crippen molar-refractivity contribution in [3.8, 4) is 0 Å². The largest absolute Gasteiger partial charge is 0.469 e. The first-order chi connectivity index (χ1) is 8.06. The Morgan fingerprint density at radius 3 is 2.82 bits per heavy atom. The summed E-state index contributed by atoms with van der Waals surface area (Å²) >= 11 is 2.98. The third kappa shape index (κ3) is 4.05. The van der Waals surface area contributed by atoms with Crippen LogP contribution in [-0.2, 0) is 16.1 Å². The molecule has 0 saturated carbocycles. The van der Waals surface area contributed by atoms with Gasteiger partial charge >= 0.3 is 5.97 Å². The summed E-state index contributed by atoms with van der Waals surface area (Å²) in [5, 5.41) is 2.77. The van der Waals surface area contributed by atoms with E-state index in [0.717, 1.165) is 0 Å². The monoisotopic (exact) mass is 307 g/mol. The predicted octanol–water partition coefficient (Wildman–Crippen LogP) is 2.38. The second-order valence-corrected chi connectivity index (χ2v) is 4.18. The number of hydrogen-bond acceptors (Lipinski definition) is 3. The zero-order chi connectivity index (χ0) is 12.8. The van der Waals surface area contributed by atoms with Crippen molar-refractivity contribution in [1.29, 1.82) is 0 Å². The van der Waals surface area contributed by atoms with Gasteiger partial charge in [0, 0.05) is 18.7 Å². The molecule has 17 heavy (non-hydrogen) atoms. The molecule has 0 spiro atoms. The summed E-state index contributed by atoms with van der Waals surface area (Å²) in [6.45, 7) is 0.326. The molecule has 0 aliphatic rings. The van der Waals surface area contributed by atoms with E-state index in [1.165, 1.54) is 19.2 Å². The third-order valence-electron chi connectivity index (χ3n) is 2.17. The Labute approximate surface area is 106 Å². The maximum atomic E-state index is 13.5. The van der Waals surface area contributed by atoms with Crippen molar-refractivity contribution in [1.82, 2.24) is 5.32 Å². The van der Waals surface area contributed by atoms with Crippen LogP contribution in [0.2, 0.25) is 0 Å². The molecule has 0 saturated heterocycles. The van der Waals surface area contributed by atoms with Crippen LogP contribution in [0.25, 0.3) is 0 Å². The van der Waals surface area contributed by atoms with E-state index < -0.39 is 11.6 Å². The SMILES string of the molecule is COC(=O)CCNCc1c(F)ccc(Br)c1F. The minimum atomic E-state index is -0.629. The molecule has 1 N–H and O–H groups in total. The summed E-state index contributed by atoms with van der Waals surface area (Å²) in [5.41, 5.74) is -0.0516. The van der Waals surface area contributed by atoms with Crippen LogP contribution in [0.3, 0.4) is 0 Å².